The molecule has 0 radical (unpaired) electrons. The van der Waals surface area contributed by atoms with Crippen molar-refractivity contribution < 1.29 is 0 Å². The third-order valence-corrected chi connectivity index (χ3v) is 2.00. The summed E-state index contributed by atoms with van der Waals surface area (Å²) in [7, 11) is 0. The maximum Gasteiger partial charge on any atom is 0.0963 e. The van der Waals surface area contributed by atoms with E-state index in [2.05, 4.69) is 20.2 Å². The maximum absolute atomic E-state index is 8.36. The van der Waals surface area contributed by atoms with E-state index in [0.29, 0.717) is 5.69 Å². The minimum atomic E-state index is 0.515. The van der Waals surface area contributed by atoms with E-state index < -0.39 is 0 Å². The summed E-state index contributed by atoms with van der Waals surface area (Å²) in [6.07, 6.45) is 1.46. The smallest absolute Gasteiger partial charge is 0.0963 e. The molecule has 1 aromatic carbocycles. The predicted octanol–water partition coefficient (Wildman–Crippen LogP) is 2.88. The van der Waals surface area contributed by atoms with Crippen LogP contribution in [0.25, 0.3) is 21.3 Å². The second kappa shape index (κ2) is 3.32. The molecule has 2 rings (SSSR count). The summed E-state index contributed by atoms with van der Waals surface area (Å²) in [6.45, 7) is 1.94. The first-order chi connectivity index (χ1) is 6.83. The molecule has 0 aliphatic heterocycles. The molecule has 1 aromatic heterocycles. The van der Waals surface area contributed by atoms with Crippen LogP contribution in [0.2, 0.25) is 0 Å². The lowest BCUT2D eigenvalue weighted by molar-refractivity contribution is 1.07. The lowest BCUT2D eigenvalue weighted by atomic mass is 10.1. The van der Waals surface area contributed by atoms with Crippen molar-refractivity contribution in [2.45, 2.75) is 6.92 Å². The molecular formula is C9H7N5. The predicted molar refractivity (Wildman–Crippen MR) is 53.1 cm³/mol. The summed E-state index contributed by atoms with van der Waals surface area (Å²) in [6, 6.07) is 5.70. The molecule has 0 fully saturated rings. The van der Waals surface area contributed by atoms with Gasteiger partial charge in [0, 0.05) is 10.3 Å². The fourth-order valence-corrected chi connectivity index (χ4v) is 1.34. The molecular weight excluding hydrogens is 178 g/mol. The van der Waals surface area contributed by atoms with Crippen molar-refractivity contribution in [3.8, 4) is 0 Å². The van der Waals surface area contributed by atoms with Crippen LogP contribution in [0.15, 0.2) is 29.5 Å². The van der Waals surface area contributed by atoms with Gasteiger partial charge in [-0.25, -0.2) is 0 Å². The SMILES string of the molecule is Cc1cccc2c(N=[N+]=[N-])cnnc12. The minimum absolute atomic E-state index is 0.515. The van der Waals surface area contributed by atoms with E-state index >= 15 is 0 Å². The van der Waals surface area contributed by atoms with Gasteiger partial charge in [-0.2, -0.15) is 10.2 Å². The minimum Gasteiger partial charge on any atom is -0.158 e. The Bertz CT molecular complexity index is 528. The van der Waals surface area contributed by atoms with Gasteiger partial charge in [-0.1, -0.05) is 23.3 Å². The van der Waals surface area contributed by atoms with Crippen molar-refractivity contribution in [2.24, 2.45) is 5.11 Å². The number of hydrogen-bond donors (Lipinski definition) is 0. The van der Waals surface area contributed by atoms with Gasteiger partial charge in [0.15, 0.2) is 0 Å². The standard InChI is InChI=1S/C9H7N5/c1-6-3-2-4-7-8(12-14-10)5-11-13-9(6)7/h2-5H,1H3. The van der Waals surface area contributed by atoms with Gasteiger partial charge in [0.1, 0.15) is 0 Å². The van der Waals surface area contributed by atoms with Crippen LogP contribution in [0.5, 0.6) is 0 Å². The van der Waals surface area contributed by atoms with E-state index in [1.165, 1.54) is 6.20 Å². The summed E-state index contributed by atoms with van der Waals surface area (Å²) in [5, 5.41) is 12.2. The number of azide groups is 1. The van der Waals surface area contributed by atoms with Crippen LogP contribution in [0, 0.1) is 6.92 Å². The Morgan fingerprint density at radius 2 is 2.29 bits per heavy atom. The van der Waals surface area contributed by atoms with Gasteiger partial charge in [-0.3, -0.25) is 0 Å². The van der Waals surface area contributed by atoms with Crippen LogP contribution >= 0.6 is 0 Å². The van der Waals surface area contributed by atoms with Crippen LogP contribution in [0.3, 0.4) is 0 Å². The molecule has 0 aliphatic rings. The highest BCUT2D eigenvalue weighted by Gasteiger charge is 2.02. The first-order valence-electron chi connectivity index (χ1n) is 4.09. The number of nitrogens with zero attached hydrogens (tertiary/aromatic N) is 5. The lowest BCUT2D eigenvalue weighted by Gasteiger charge is -2.00. The van der Waals surface area contributed by atoms with Gasteiger partial charge < -0.3 is 0 Å². The molecule has 5 heteroatoms. The zero-order valence-electron chi connectivity index (χ0n) is 7.55. The topological polar surface area (TPSA) is 74.5 Å². The number of aromatic nitrogens is 2. The highest BCUT2D eigenvalue weighted by atomic mass is 15.2. The average molecular weight is 185 g/mol. The van der Waals surface area contributed by atoms with E-state index in [1.807, 2.05) is 25.1 Å². The second-order valence-electron chi connectivity index (χ2n) is 2.89. The molecule has 0 aliphatic carbocycles. The fourth-order valence-electron chi connectivity index (χ4n) is 1.34. The van der Waals surface area contributed by atoms with Crippen LogP contribution in [-0.2, 0) is 0 Å². The van der Waals surface area contributed by atoms with E-state index in [-0.39, 0.29) is 0 Å². The monoisotopic (exact) mass is 185 g/mol. The maximum atomic E-state index is 8.36. The number of hydrogen-bond acceptors (Lipinski definition) is 3. The van der Waals surface area contributed by atoms with Crippen molar-refractivity contribution in [3.63, 3.8) is 0 Å². The molecule has 0 saturated carbocycles. The molecule has 0 N–H and O–H groups in total. The van der Waals surface area contributed by atoms with Crippen LogP contribution in [-0.4, -0.2) is 10.2 Å². The summed E-state index contributed by atoms with van der Waals surface area (Å²) in [5.41, 5.74) is 10.7. The molecule has 5 nitrogen and oxygen atoms in total. The normalized spacial score (nSPS) is 9.79. The summed E-state index contributed by atoms with van der Waals surface area (Å²) < 4.78 is 0. The Labute approximate surface area is 80.0 Å². The third-order valence-electron chi connectivity index (χ3n) is 2.00. The Morgan fingerprint density at radius 1 is 1.43 bits per heavy atom. The molecule has 0 atom stereocenters. The van der Waals surface area contributed by atoms with Gasteiger partial charge >= 0.3 is 0 Å². The molecule has 0 spiro atoms. The van der Waals surface area contributed by atoms with Gasteiger partial charge in [0.2, 0.25) is 0 Å². The van der Waals surface area contributed by atoms with Crippen LogP contribution < -0.4 is 0 Å². The van der Waals surface area contributed by atoms with Crippen LogP contribution in [0.4, 0.5) is 5.69 Å². The van der Waals surface area contributed by atoms with E-state index in [9.17, 15) is 0 Å². The molecule has 0 saturated heterocycles. The molecule has 1 heterocycles. The number of benzene rings is 1. The highest BCUT2D eigenvalue weighted by Crippen LogP contribution is 2.24. The largest absolute Gasteiger partial charge is 0.158 e. The van der Waals surface area contributed by atoms with E-state index in [1.54, 1.807) is 0 Å². The Balaban J connectivity index is 2.87. The van der Waals surface area contributed by atoms with E-state index in [0.717, 1.165) is 16.5 Å². The number of aryl methyl sites for hydroxylation is 1. The molecule has 0 unspecified atom stereocenters. The third kappa shape index (κ3) is 1.26. The lowest BCUT2D eigenvalue weighted by Crippen LogP contribution is -1.86. The van der Waals surface area contributed by atoms with Crippen molar-refractivity contribution in [1.82, 2.24) is 10.2 Å². The number of fused-ring (bicyclic) bond motifs is 1. The van der Waals surface area contributed by atoms with Gasteiger partial charge in [0.05, 0.1) is 17.4 Å². The molecule has 0 amide bonds. The molecule has 14 heavy (non-hydrogen) atoms. The van der Waals surface area contributed by atoms with E-state index in [4.69, 9.17) is 5.53 Å². The quantitative estimate of drug-likeness (QED) is 0.389. The number of rotatable bonds is 1. The molecule has 68 valence electrons. The summed E-state index contributed by atoms with van der Waals surface area (Å²) in [5.74, 6) is 0. The average Bonchev–Trinajstić information content (AvgIpc) is 2.20. The zero-order valence-corrected chi connectivity index (χ0v) is 7.55. The Morgan fingerprint density at radius 3 is 3.07 bits per heavy atom. The van der Waals surface area contributed by atoms with Crippen molar-refractivity contribution in [1.29, 1.82) is 0 Å². The van der Waals surface area contributed by atoms with Crippen molar-refractivity contribution >= 4 is 16.6 Å². The highest BCUT2D eigenvalue weighted by molar-refractivity contribution is 5.90. The second-order valence-corrected chi connectivity index (χ2v) is 2.89. The van der Waals surface area contributed by atoms with Crippen molar-refractivity contribution in [3.05, 3.63) is 40.4 Å². The summed E-state index contributed by atoms with van der Waals surface area (Å²) in [4.78, 5) is 2.74. The first kappa shape index (κ1) is 8.47. The zero-order chi connectivity index (χ0) is 9.97. The van der Waals surface area contributed by atoms with Gasteiger partial charge in [0.25, 0.3) is 0 Å². The molecule has 0 bridgehead atoms. The first-order valence-corrected chi connectivity index (χ1v) is 4.09. The van der Waals surface area contributed by atoms with Crippen LogP contribution in [0.1, 0.15) is 5.56 Å². The fraction of sp³-hybridized carbons (Fsp3) is 0.111. The van der Waals surface area contributed by atoms with Gasteiger partial charge in [-0.05, 0) is 18.0 Å². The van der Waals surface area contributed by atoms with Gasteiger partial charge in [-0.15, -0.1) is 0 Å². The van der Waals surface area contributed by atoms with Crippen molar-refractivity contribution in [2.75, 3.05) is 0 Å². The Hall–Kier alpha value is -2.13. The Kier molecular flexibility index (Phi) is 2.01. The summed E-state index contributed by atoms with van der Waals surface area (Å²) >= 11 is 0. The molecule has 2 aromatic rings.